The van der Waals surface area contributed by atoms with Gasteiger partial charge in [-0.25, -0.2) is 4.98 Å². The van der Waals surface area contributed by atoms with Gasteiger partial charge < -0.3 is 15.1 Å². The van der Waals surface area contributed by atoms with E-state index < -0.39 is 0 Å². The quantitative estimate of drug-likeness (QED) is 0.299. The number of hydrogen-bond acceptors (Lipinski definition) is 4. The Bertz CT molecular complexity index is 1470. The van der Waals surface area contributed by atoms with Crippen molar-refractivity contribution in [3.05, 3.63) is 101 Å². The summed E-state index contributed by atoms with van der Waals surface area (Å²) in [5.74, 6) is 0.0180. The highest BCUT2D eigenvalue weighted by Crippen LogP contribution is 2.42. The lowest BCUT2D eigenvalue weighted by molar-refractivity contribution is -0.0104. The van der Waals surface area contributed by atoms with Crippen LogP contribution in [0.4, 0.5) is 5.69 Å². The Labute approximate surface area is 245 Å². The van der Waals surface area contributed by atoms with E-state index in [9.17, 15) is 9.59 Å². The molecule has 0 unspecified atom stereocenters. The average Bonchev–Trinajstić information content (AvgIpc) is 3.35. The van der Waals surface area contributed by atoms with Crippen LogP contribution in [-0.4, -0.2) is 52.3 Å². The molecule has 0 bridgehead atoms. The van der Waals surface area contributed by atoms with Crippen LogP contribution in [0.3, 0.4) is 0 Å². The Balaban J connectivity index is 0.000000929. The molecule has 7 nitrogen and oxygen atoms in total. The van der Waals surface area contributed by atoms with Crippen LogP contribution in [0.25, 0.3) is 5.65 Å². The molecule has 218 valence electrons. The second kappa shape index (κ2) is 13.0. The highest BCUT2D eigenvalue weighted by Gasteiger charge is 2.53. The Morgan fingerprint density at radius 1 is 0.902 bits per heavy atom. The summed E-state index contributed by atoms with van der Waals surface area (Å²) in [6, 6.07) is 21.9. The lowest BCUT2D eigenvalue weighted by Crippen LogP contribution is -2.73. The molecule has 2 aliphatic rings. The Hall–Kier alpha value is -4.13. The smallest absolute Gasteiger partial charge is 0.270 e. The first-order chi connectivity index (χ1) is 19.9. The van der Waals surface area contributed by atoms with E-state index >= 15 is 0 Å². The largest absolute Gasteiger partial charge is 0.370 e. The molecular weight excluding hydrogens is 510 g/mol. The van der Waals surface area contributed by atoms with Gasteiger partial charge in [0.15, 0.2) is 0 Å². The van der Waals surface area contributed by atoms with Crippen molar-refractivity contribution in [3.8, 4) is 0 Å². The summed E-state index contributed by atoms with van der Waals surface area (Å²) in [5, 5.41) is 3.07. The molecule has 2 aromatic carbocycles. The van der Waals surface area contributed by atoms with E-state index in [0.29, 0.717) is 18.7 Å². The zero-order chi connectivity index (χ0) is 29.6. The fourth-order valence-electron chi connectivity index (χ4n) is 5.59. The third-order valence-electron chi connectivity index (χ3n) is 7.56. The molecule has 0 atom stereocenters. The Kier molecular flexibility index (Phi) is 9.48. The topological polar surface area (TPSA) is 70.0 Å². The summed E-state index contributed by atoms with van der Waals surface area (Å²) < 4.78 is 1.89. The number of carbonyl (C=O) groups is 2. The average molecular weight is 556 g/mol. The number of aryl methyl sites for hydroxylation is 2. The minimum atomic E-state index is -0.108. The van der Waals surface area contributed by atoms with E-state index in [-0.39, 0.29) is 18.7 Å². The summed E-state index contributed by atoms with van der Waals surface area (Å²) >= 11 is 0. The van der Waals surface area contributed by atoms with Crippen molar-refractivity contribution in [2.75, 3.05) is 31.1 Å². The van der Waals surface area contributed by atoms with Gasteiger partial charge in [-0.15, -0.1) is 0 Å². The maximum Gasteiger partial charge on any atom is 0.270 e. The number of imidazole rings is 1. The summed E-state index contributed by atoms with van der Waals surface area (Å²) in [4.78, 5) is 34.6. The number of aromatic nitrogens is 2. The summed E-state index contributed by atoms with van der Waals surface area (Å²) in [7, 11) is 0. The van der Waals surface area contributed by atoms with Gasteiger partial charge in [-0.05, 0) is 54.8 Å². The van der Waals surface area contributed by atoms with Gasteiger partial charge in [-0.2, -0.15) is 0 Å². The molecule has 2 saturated heterocycles. The van der Waals surface area contributed by atoms with E-state index in [1.54, 1.807) is 0 Å². The lowest BCUT2D eigenvalue weighted by atomic mass is 9.72. The highest BCUT2D eigenvalue weighted by atomic mass is 16.2. The van der Waals surface area contributed by atoms with Gasteiger partial charge in [0, 0.05) is 57.0 Å². The van der Waals surface area contributed by atoms with E-state index in [1.165, 1.54) is 5.69 Å². The SMILES string of the molecule is CC.CC.CCc1nc2ccc(C)cn2c1C(=O)NCc1ccc(N2CC3(CN(C(=O)c4ccccc4)C3)C2)cc1.[HH]. The monoisotopic (exact) mass is 555 g/mol. The Morgan fingerprint density at radius 2 is 1.56 bits per heavy atom. The third kappa shape index (κ3) is 6.14. The molecule has 6 rings (SSSR count). The number of benzene rings is 2. The number of pyridine rings is 1. The van der Waals surface area contributed by atoms with Crippen molar-refractivity contribution in [1.29, 1.82) is 0 Å². The predicted octanol–water partition coefficient (Wildman–Crippen LogP) is 6.40. The highest BCUT2D eigenvalue weighted by molar-refractivity contribution is 5.95. The van der Waals surface area contributed by atoms with Gasteiger partial charge in [-0.1, -0.05) is 71.0 Å². The molecule has 7 heteroatoms. The van der Waals surface area contributed by atoms with E-state index in [0.717, 1.165) is 54.2 Å². The van der Waals surface area contributed by atoms with Crippen LogP contribution in [-0.2, 0) is 13.0 Å². The first-order valence-corrected chi connectivity index (χ1v) is 14.9. The maximum atomic E-state index is 13.1. The van der Waals surface area contributed by atoms with Gasteiger partial charge in [0.2, 0.25) is 0 Å². The van der Waals surface area contributed by atoms with Crippen molar-refractivity contribution in [2.45, 2.75) is 54.5 Å². The normalized spacial score (nSPS) is 14.7. The van der Waals surface area contributed by atoms with Gasteiger partial charge in [0.25, 0.3) is 11.8 Å². The zero-order valence-corrected chi connectivity index (χ0v) is 25.3. The van der Waals surface area contributed by atoms with Crippen LogP contribution in [0.15, 0.2) is 72.9 Å². The minimum absolute atomic E-state index is 0. The van der Waals surface area contributed by atoms with Crippen molar-refractivity contribution in [2.24, 2.45) is 5.41 Å². The molecule has 4 heterocycles. The molecule has 4 aromatic rings. The van der Waals surface area contributed by atoms with E-state index in [4.69, 9.17) is 0 Å². The number of carbonyl (C=O) groups excluding carboxylic acids is 2. The van der Waals surface area contributed by atoms with Gasteiger partial charge in [-0.3, -0.25) is 14.0 Å². The molecule has 2 aliphatic heterocycles. The number of amides is 2. The molecule has 1 N–H and O–H groups in total. The van der Waals surface area contributed by atoms with Crippen LogP contribution in [0.2, 0.25) is 0 Å². The van der Waals surface area contributed by atoms with Crippen LogP contribution >= 0.6 is 0 Å². The number of nitrogens with one attached hydrogen (secondary N) is 1. The summed E-state index contributed by atoms with van der Waals surface area (Å²) in [5.41, 5.74) is 6.52. The standard InChI is InChI=1S/C30H31N5O2.2C2H6.H2/c1-3-25-27(35-16-21(2)9-14-26(35)32-25)28(36)31-15-22-10-12-24(13-11-22)33-17-30(18-33)19-34(20-30)29(37)23-7-5-4-6-8-23;2*1-2;/h4-14,16H,3,15,17-20H2,1-2H3,(H,31,36);2*1-2H3;1H. The van der Waals surface area contributed by atoms with Crippen molar-refractivity contribution < 1.29 is 11.0 Å². The van der Waals surface area contributed by atoms with Crippen molar-refractivity contribution >= 4 is 23.1 Å². The number of rotatable bonds is 6. The van der Waals surface area contributed by atoms with Crippen LogP contribution in [0.5, 0.6) is 0 Å². The molecule has 2 amide bonds. The molecule has 0 aliphatic carbocycles. The Morgan fingerprint density at radius 3 is 2.20 bits per heavy atom. The molecule has 0 saturated carbocycles. The minimum Gasteiger partial charge on any atom is -0.370 e. The maximum absolute atomic E-state index is 13.1. The van der Waals surface area contributed by atoms with Gasteiger partial charge in [0.05, 0.1) is 5.69 Å². The summed E-state index contributed by atoms with van der Waals surface area (Å²) in [6.07, 6.45) is 2.66. The lowest BCUT2D eigenvalue weighted by Gasteiger charge is -2.61. The van der Waals surface area contributed by atoms with Crippen LogP contribution in [0.1, 0.15) is 73.7 Å². The van der Waals surface area contributed by atoms with Crippen LogP contribution < -0.4 is 10.2 Å². The zero-order valence-electron chi connectivity index (χ0n) is 25.3. The second-order valence-corrected chi connectivity index (χ2v) is 10.4. The fraction of sp³-hybridized carbons (Fsp3) is 0.382. The first-order valence-electron chi connectivity index (χ1n) is 14.9. The molecule has 0 radical (unpaired) electrons. The second-order valence-electron chi connectivity index (χ2n) is 10.4. The predicted molar refractivity (Wildman–Crippen MR) is 169 cm³/mol. The first kappa shape index (κ1) is 29.8. The third-order valence-corrected chi connectivity index (χ3v) is 7.56. The van der Waals surface area contributed by atoms with E-state index in [1.807, 2.05) is 99.5 Å². The van der Waals surface area contributed by atoms with E-state index in [2.05, 4.69) is 39.5 Å². The van der Waals surface area contributed by atoms with Crippen LogP contribution in [0, 0.1) is 12.3 Å². The molecule has 2 fully saturated rings. The molecule has 1 spiro atoms. The fourth-order valence-corrected chi connectivity index (χ4v) is 5.59. The molecule has 41 heavy (non-hydrogen) atoms. The van der Waals surface area contributed by atoms with Crippen molar-refractivity contribution in [3.63, 3.8) is 0 Å². The molecule has 2 aromatic heterocycles. The number of anilines is 1. The number of fused-ring (bicyclic) bond motifs is 1. The summed E-state index contributed by atoms with van der Waals surface area (Å²) in [6.45, 7) is 16.1. The molecular formula is C34H45N5O2. The van der Waals surface area contributed by atoms with Crippen molar-refractivity contribution in [1.82, 2.24) is 19.6 Å². The number of hydrogen-bond donors (Lipinski definition) is 1. The van der Waals surface area contributed by atoms with Gasteiger partial charge in [0.1, 0.15) is 11.3 Å². The van der Waals surface area contributed by atoms with Gasteiger partial charge >= 0.3 is 0 Å². The number of likely N-dealkylation sites (tertiary alicyclic amines) is 1. The number of nitrogens with zero attached hydrogens (tertiary/aromatic N) is 4.